The predicted octanol–water partition coefficient (Wildman–Crippen LogP) is 1.70. The molecular weight excluding hydrogens is 372 g/mol. The SMILES string of the molecule is CCS(=O)(=O)c1c(Cl)cc(F)c(C(=O)Nc2nnnn2C)c1Cl. The second-order valence-corrected chi connectivity index (χ2v) is 7.34. The lowest BCUT2D eigenvalue weighted by Gasteiger charge is -2.12. The van der Waals surface area contributed by atoms with Crippen LogP contribution < -0.4 is 5.32 Å². The van der Waals surface area contributed by atoms with E-state index in [9.17, 15) is 17.6 Å². The van der Waals surface area contributed by atoms with Gasteiger partial charge in [0.2, 0.25) is 5.95 Å². The van der Waals surface area contributed by atoms with Gasteiger partial charge in [-0.25, -0.2) is 17.5 Å². The smallest absolute Gasteiger partial charge is 0.262 e. The Hall–Kier alpha value is -1.78. The van der Waals surface area contributed by atoms with Crippen LogP contribution in [0.25, 0.3) is 0 Å². The molecule has 0 bridgehead atoms. The zero-order valence-corrected chi connectivity index (χ0v) is 14.2. The first-order valence-corrected chi connectivity index (χ1v) is 8.53. The Morgan fingerprint density at radius 3 is 2.61 bits per heavy atom. The molecule has 23 heavy (non-hydrogen) atoms. The number of hydrogen-bond acceptors (Lipinski definition) is 6. The molecular formula is C11H10Cl2FN5O3S. The van der Waals surface area contributed by atoms with Gasteiger partial charge in [-0.15, -0.1) is 0 Å². The number of halogens is 3. The summed E-state index contributed by atoms with van der Waals surface area (Å²) in [6.45, 7) is 1.37. The summed E-state index contributed by atoms with van der Waals surface area (Å²) >= 11 is 11.7. The molecule has 0 aliphatic carbocycles. The first-order valence-electron chi connectivity index (χ1n) is 6.13. The number of tetrazole rings is 1. The Morgan fingerprint density at radius 2 is 2.09 bits per heavy atom. The molecule has 0 saturated carbocycles. The summed E-state index contributed by atoms with van der Waals surface area (Å²) in [5.41, 5.74) is -0.661. The van der Waals surface area contributed by atoms with Crippen LogP contribution in [0.4, 0.5) is 10.3 Å². The third-order valence-corrected chi connectivity index (χ3v) is 5.60. The lowest BCUT2D eigenvalue weighted by Crippen LogP contribution is -2.19. The van der Waals surface area contributed by atoms with E-state index >= 15 is 0 Å². The average molecular weight is 382 g/mol. The fraction of sp³-hybridized carbons (Fsp3) is 0.273. The van der Waals surface area contributed by atoms with E-state index in [0.717, 1.165) is 10.7 Å². The van der Waals surface area contributed by atoms with Gasteiger partial charge in [-0.2, -0.15) is 0 Å². The highest BCUT2D eigenvalue weighted by molar-refractivity contribution is 7.91. The van der Waals surface area contributed by atoms with Gasteiger partial charge in [-0.1, -0.05) is 35.2 Å². The number of amides is 1. The van der Waals surface area contributed by atoms with Crippen molar-refractivity contribution >= 4 is 44.9 Å². The maximum atomic E-state index is 14.1. The summed E-state index contributed by atoms with van der Waals surface area (Å²) in [4.78, 5) is 11.7. The molecule has 0 spiro atoms. The Morgan fingerprint density at radius 1 is 1.43 bits per heavy atom. The van der Waals surface area contributed by atoms with Gasteiger partial charge in [0.25, 0.3) is 5.91 Å². The zero-order valence-electron chi connectivity index (χ0n) is 11.8. The van der Waals surface area contributed by atoms with Gasteiger partial charge >= 0.3 is 0 Å². The molecule has 8 nitrogen and oxygen atoms in total. The molecule has 2 aromatic rings. The topological polar surface area (TPSA) is 107 Å². The number of aryl methyl sites for hydroxylation is 1. The highest BCUT2D eigenvalue weighted by Crippen LogP contribution is 2.35. The van der Waals surface area contributed by atoms with E-state index < -0.39 is 42.1 Å². The summed E-state index contributed by atoms with van der Waals surface area (Å²) in [6, 6.07) is 0.722. The van der Waals surface area contributed by atoms with Crippen molar-refractivity contribution in [1.29, 1.82) is 0 Å². The van der Waals surface area contributed by atoms with Crippen molar-refractivity contribution in [1.82, 2.24) is 20.2 Å². The minimum Gasteiger partial charge on any atom is -0.289 e. The molecule has 124 valence electrons. The molecule has 0 aliphatic rings. The number of nitrogens with zero attached hydrogens (tertiary/aromatic N) is 4. The van der Waals surface area contributed by atoms with Crippen LogP contribution in [0.5, 0.6) is 0 Å². The number of carbonyl (C=O) groups is 1. The van der Waals surface area contributed by atoms with E-state index in [1.807, 2.05) is 0 Å². The number of anilines is 1. The van der Waals surface area contributed by atoms with Gasteiger partial charge in [-0.3, -0.25) is 10.1 Å². The van der Waals surface area contributed by atoms with E-state index in [1.165, 1.54) is 14.0 Å². The van der Waals surface area contributed by atoms with Crippen molar-refractivity contribution in [2.75, 3.05) is 11.1 Å². The van der Waals surface area contributed by atoms with Gasteiger partial charge < -0.3 is 0 Å². The molecule has 0 saturated heterocycles. The number of rotatable bonds is 4. The van der Waals surface area contributed by atoms with Crippen molar-refractivity contribution in [3.05, 3.63) is 27.5 Å². The highest BCUT2D eigenvalue weighted by Gasteiger charge is 2.28. The Bertz CT molecular complexity index is 884. The van der Waals surface area contributed by atoms with Crippen LogP contribution in [-0.2, 0) is 16.9 Å². The predicted molar refractivity (Wildman–Crippen MR) is 80.9 cm³/mol. The third kappa shape index (κ3) is 3.28. The van der Waals surface area contributed by atoms with Crippen LogP contribution in [0.2, 0.25) is 10.0 Å². The highest BCUT2D eigenvalue weighted by atomic mass is 35.5. The minimum atomic E-state index is -3.86. The van der Waals surface area contributed by atoms with Crippen molar-refractivity contribution < 1.29 is 17.6 Å². The lowest BCUT2D eigenvalue weighted by atomic mass is 10.2. The molecule has 0 aliphatic heterocycles. The normalized spacial score (nSPS) is 11.5. The zero-order chi connectivity index (χ0) is 17.4. The molecule has 2 rings (SSSR count). The fourth-order valence-corrected chi connectivity index (χ4v) is 3.95. The molecule has 1 aromatic carbocycles. The first-order chi connectivity index (χ1) is 10.7. The van der Waals surface area contributed by atoms with Crippen LogP contribution >= 0.6 is 23.2 Å². The van der Waals surface area contributed by atoms with Gasteiger partial charge in [0.1, 0.15) is 10.7 Å². The number of nitrogens with one attached hydrogen (secondary N) is 1. The van der Waals surface area contributed by atoms with Crippen LogP contribution in [-0.4, -0.2) is 40.3 Å². The van der Waals surface area contributed by atoms with Gasteiger partial charge in [0, 0.05) is 7.05 Å². The summed E-state index contributed by atoms with van der Waals surface area (Å²) in [5.74, 6) is -2.45. The summed E-state index contributed by atoms with van der Waals surface area (Å²) in [5, 5.41) is 11.5. The van der Waals surface area contributed by atoms with Crippen LogP contribution in [0.15, 0.2) is 11.0 Å². The van der Waals surface area contributed by atoms with E-state index in [4.69, 9.17) is 23.2 Å². The molecule has 1 heterocycles. The lowest BCUT2D eigenvalue weighted by molar-refractivity contribution is 0.102. The van der Waals surface area contributed by atoms with Crippen LogP contribution in [0.3, 0.4) is 0 Å². The maximum absolute atomic E-state index is 14.1. The van der Waals surface area contributed by atoms with Crippen molar-refractivity contribution in [2.45, 2.75) is 11.8 Å². The maximum Gasteiger partial charge on any atom is 0.262 e. The number of aromatic nitrogens is 4. The molecule has 1 N–H and O–H groups in total. The quantitative estimate of drug-likeness (QED) is 0.807. The van der Waals surface area contributed by atoms with Gasteiger partial charge in [-0.05, 0) is 16.5 Å². The van der Waals surface area contributed by atoms with E-state index in [2.05, 4.69) is 20.8 Å². The van der Waals surface area contributed by atoms with Crippen molar-refractivity contribution in [3.8, 4) is 0 Å². The Balaban J connectivity index is 2.57. The number of benzene rings is 1. The monoisotopic (exact) mass is 381 g/mol. The third-order valence-electron chi connectivity index (χ3n) is 2.89. The van der Waals surface area contributed by atoms with E-state index in [0.29, 0.717) is 0 Å². The number of carbonyl (C=O) groups excluding carboxylic acids is 1. The summed E-state index contributed by atoms with van der Waals surface area (Å²) in [7, 11) is -2.41. The standard InChI is InChI=1S/C11H10Cl2FN5O3S/c1-3-23(21,22)9-5(12)4-6(14)7(8(9)13)10(20)15-11-16-17-18-19(11)2/h4H,3H2,1-2H3,(H,15,16,18,20). The van der Waals surface area contributed by atoms with Crippen molar-refractivity contribution in [3.63, 3.8) is 0 Å². The van der Waals surface area contributed by atoms with Crippen LogP contribution in [0.1, 0.15) is 17.3 Å². The second kappa shape index (κ2) is 6.38. The van der Waals surface area contributed by atoms with Gasteiger partial charge in [0.15, 0.2) is 9.84 Å². The van der Waals surface area contributed by atoms with Gasteiger partial charge in [0.05, 0.1) is 21.4 Å². The van der Waals surface area contributed by atoms with Crippen molar-refractivity contribution in [2.24, 2.45) is 7.05 Å². The first kappa shape index (κ1) is 17.6. The number of sulfone groups is 1. The van der Waals surface area contributed by atoms with E-state index in [1.54, 1.807) is 0 Å². The van der Waals surface area contributed by atoms with Crippen LogP contribution in [0, 0.1) is 5.82 Å². The molecule has 0 unspecified atom stereocenters. The summed E-state index contributed by atoms with van der Waals surface area (Å²) in [6.07, 6.45) is 0. The second-order valence-electron chi connectivity index (χ2n) is 4.34. The Kier molecular flexibility index (Phi) is 4.87. The molecule has 0 radical (unpaired) electrons. The largest absolute Gasteiger partial charge is 0.289 e. The molecule has 1 aromatic heterocycles. The summed E-state index contributed by atoms with van der Waals surface area (Å²) < 4.78 is 39.3. The molecule has 0 fully saturated rings. The fourth-order valence-electron chi connectivity index (χ4n) is 1.71. The minimum absolute atomic E-state index is 0.0692. The number of hydrogen-bond donors (Lipinski definition) is 1. The molecule has 1 amide bonds. The molecule has 0 atom stereocenters. The van der Waals surface area contributed by atoms with E-state index in [-0.39, 0.29) is 11.7 Å². The molecule has 12 heteroatoms. The Labute approximate surface area is 140 Å². The average Bonchev–Trinajstić information content (AvgIpc) is 2.83.